The van der Waals surface area contributed by atoms with Crippen LogP contribution in [0, 0.1) is 32.0 Å². The minimum atomic E-state index is -5.05. The number of alkyl halides is 3. The van der Waals surface area contributed by atoms with Gasteiger partial charge >= 0.3 is 6.36 Å². The maximum atomic E-state index is 15.8. The quantitative estimate of drug-likeness (QED) is 0.195. The van der Waals surface area contributed by atoms with Crippen LogP contribution in [0.2, 0.25) is 10.0 Å². The zero-order valence-electron chi connectivity index (χ0n) is 22.9. The van der Waals surface area contributed by atoms with Crippen LogP contribution in [0.25, 0.3) is 0 Å². The van der Waals surface area contributed by atoms with E-state index < -0.39 is 58.5 Å². The number of carbonyl (C=O) groups excluding carboxylic acids is 1. The monoisotopic (exact) mass is 751 g/mol. The van der Waals surface area contributed by atoms with Gasteiger partial charge in [0.05, 0.1) is 22.8 Å². The second-order valence-corrected chi connectivity index (χ2v) is 13.5. The van der Waals surface area contributed by atoms with E-state index in [4.69, 9.17) is 23.2 Å². The van der Waals surface area contributed by atoms with Gasteiger partial charge in [0, 0.05) is 26.1 Å². The van der Waals surface area contributed by atoms with E-state index in [-0.39, 0.29) is 33.3 Å². The van der Waals surface area contributed by atoms with Crippen LogP contribution in [0.5, 0.6) is 5.75 Å². The Morgan fingerprint density at radius 1 is 1.12 bits per heavy atom. The average molecular weight is 752 g/mol. The van der Waals surface area contributed by atoms with E-state index in [0.29, 0.717) is 3.57 Å². The molecule has 3 aromatic carbocycles. The van der Waals surface area contributed by atoms with Crippen molar-refractivity contribution in [3.8, 4) is 11.8 Å². The molecule has 2 N–H and O–H groups in total. The number of halogens is 8. The lowest BCUT2D eigenvalue weighted by molar-refractivity contribution is -0.274. The van der Waals surface area contributed by atoms with Crippen molar-refractivity contribution in [1.82, 2.24) is 5.32 Å². The highest BCUT2D eigenvalue weighted by atomic mass is 127. The molecule has 0 aliphatic carbocycles. The summed E-state index contributed by atoms with van der Waals surface area (Å²) in [5.41, 5.74) is -2.96. The summed E-state index contributed by atoms with van der Waals surface area (Å²) in [5, 5.41) is 16.2. The third kappa shape index (κ3) is 7.03. The molecule has 3 aromatic rings. The molecule has 1 heterocycles. The van der Waals surface area contributed by atoms with E-state index in [1.807, 2.05) is 20.8 Å². The summed E-state index contributed by atoms with van der Waals surface area (Å²) in [6, 6.07) is 11.4. The molecule has 4 atom stereocenters. The first kappa shape index (κ1) is 33.2. The van der Waals surface area contributed by atoms with Crippen LogP contribution in [-0.2, 0) is 10.2 Å². The van der Waals surface area contributed by atoms with Crippen molar-refractivity contribution in [2.45, 2.75) is 57.0 Å². The highest BCUT2D eigenvalue weighted by molar-refractivity contribution is 14.1. The maximum absolute atomic E-state index is 15.8. The van der Waals surface area contributed by atoms with E-state index in [0.717, 1.165) is 12.1 Å². The fourth-order valence-electron chi connectivity index (χ4n) is 5.58. The third-order valence-electron chi connectivity index (χ3n) is 7.16. The topological polar surface area (TPSA) is 74.2 Å². The number of nitriles is 1. The second kappa shape index (κ2) is 12.4. The van der Waals surface area contributed by atoms with Crippen molar-refractivity contribution in [3.05, 3.63) is 91.0 Å². The Morgan fingerprint density at radius 2 is 1.81 bits per heavy atom. The van der Waals surface area contributed by atoms with Crippen LogP contribution >= 0.6 is 45.8 Å². The largest absolute Gasteiger partial charge is 0.573 e. The minimum Gasteiger partial charge on any atom is -0.404 e. The number of rotatable bonds is 6. The lowest BCUT2D eigenvalue weighted by atomic mass is 9.62. The Labute approximate surface area is 268 Å². The molecular weight excluding hydrogens is 727 g/mol. The molecule has 1 fully saturated rings. The van der Waals surface area contributed by atoms with Gasteiger partial charge in [-0.25, -0.2) is 8.78 Å². The van der Waals surface area contributed by atoms with Crippen LogP contribution in [0.4, 0.5) is 27.6 Å². The molecule has 4 rings (SSSR count). The van der Waals surface area contributed by atoms with Gasteiger partial charge in [-0.1, -0.05) is 62.2 Å². The average Bonchev–Trinajstić information content (AvgIpc) is 3.19. The van der Waals surface area contributed by atoms with E-state index in [2.05, 4.69) is 21.4 Å². The zero-order chi connectivity index (χ0) is 31.9. The van der Waals surface area contributed by atoms with Crippen LogP contribution in [0.3, 0.4) is 0 Å². The summed E-state index contributed by atoms with van der Waals surface area (Å²) < 4.78 is 75.6. The molecule has 0 bridgehead atoms. The smallest absolute Gasteiger partial charge is 0.404 e. The maximum Gasteiger partial charge on any atom is 0.573 e. The number of anilines is 1. The summed E-state index contributed by atoms with van der Waals surface area (Å²) in [6.07, 6.45) is -4.83. The Balaban J connectivity index is 1.94. The molecule has 0 aromatic heterocycles. The van der Waals surface area contributed by atoms with Gasteiger partial charge in [0.15, 0.2) is 5.75 Å². The molecule has 0 saturated carbocycles. The zero-order valence-corrected chi connectivity index (χ0v) is 26.6. The van der Waals surface area contributed by atoms with Gasteiger partial charge in [-0.15, -0.1) is 13.2 Å². The third-order valence-corrected chi connectivity index (χ3v) is 8.36. The number of nitrogens with one attached hydrogen (secondary N) is 2. The van der Waals surface area contributed by atoms with Crippen LogP contribution in [0.15, 0.2) is 54.6 Å². The predicted octanol–water partition coefficient (Wildman–Crippen LogP) is 8.74. The van der Waals surface area contributed by atoms with Crippen LogP contribution < -0.4 is 15.4 Å². The molecule has 1 aliphatic heterocycles. The Morgan fingerprint density at radius 3 is 2.42 bits per heavy atom. The van der Waals surface area contributed by atoms with Gasteiger partial charge in [-0.05, 0) is 76.4 Å². The summed E-state index contributed by atoms with van der Waals surface area (Å²) in [5.74, 6) is -4.73. The fraction of sp³-hybridized carbons (Fsp3) is 0.333. The molecular formula is C30H25Cl2F5IN3O2. The predicted molar refractivity (Wildman–Crippen MR) is 162 cm³/mol. The van der Waals surface area contributed by atoms with Crippen LogP contribution in [0.1, 0.15) is 44.2 Å². The number of hydrogen-bond donors (Lipinski definition) is 2. The first-order valence-corrected chi connectivity index (χ1v) is 14.7. The van der Waals surface area contributed by atoms with Gasteiger partial charge in [0.2, 0.25) is 5.91 Å². The summed E-state index contributed by atoms with van der Waals surface area (Å²) in [7, 11) is 0. The summed E-state index contributed by atoms with van der Waals surface area (Å²) in [6.45, 7) is 5.64. The Bertz CT molecular complexity index is 1590. The van der Waals surface area contributed by atoms with Crippen molar-refractivity contribution in [3.63, 3.8) is 0 Å². The number of benzene rings is 3. The van der Waals surface area contributed by atoms with Gasteiger partial charge < -0.3 is 15.4 Å². The first-order valence-electron chi connectivity index (χ1n) is 12.9. The highest BCUT2D eigenvalue weighted by Gasteiger charge is 2.61. The molecule has 1 saturated heterocycles. The van der Waals surface area contributed by atoms with E-state index in [1.54, 1.807) is 22.6 Å². The highest BCUT2D eigenvalue weighted by Crippen LogP contribution is 2.53. The molecule has 43 heavy (non-hydrogen) atoms. The first-order chi connectivity index (χ1) is 20.0. The molecule has 1 aliphatic rings. The fourth-order valence-corrected chi connectivity index (χ4v) is 6.38. The van der Waals surface area contributed by atoms with Crippen molar-refractivity contribution < 1.29 is 31.5 Å². The molecule has 5 nitrogen and oxygen atoms in total. The molecule has 228 valence electrons. The summed E-state index contributed by atoms with van der Waals surface area (Å²) in [4.78, 5) is 14.0. The summed E-state index contributed by atoms with van der Waals surface area (Å²) >= 11 is 13.9. The number of amides is 1. The number of carbonyl (C=O) groups is 1. The molecule has 0 spiro atoms. The van der Waals surface area contributed by atoms with Crippen LogP contribution in [-0.4, -0.2) is 24.4 Å². The Kier molecular flexibility index (Phi) is 9.57. The van der Waals surface area contributed by atoms with Crippen molar-refractivity contribution >= 4 is 57.4 Å². The van der Waals surface area contributed by atoms with E-state index in [9.17, 15) is 23.2 Å². The van der Waals surface area contributed by atoms with Crippen molar-refractivity contribution in [2.75, 3.05) is 5.32 Å². The van der Waals surface area contributed by atoms with Gasteiger partial charge in [-0.2, -0.15) is 5.26 Å². The van der Waals surface area contributed by atoms with Crippen molar-refractivity contribution in [2.24, 2.45) is 5.41 Å². The Hall–Kier alpha value is -2.66. The number of hydrogen-bond acceptors (Lipinski definition) is 4. The molecule has 13 heteroatoms. The SMILES string of the molecule is CC(C)(C)C[C@@H]1N[C@@H](C(=O)Nc2ccc(I)cc2OC(F)(F)F)[C@H](c2cccc(Cl)c2F)[C@@]1(C#N)c1ccc(Cl)cc1F. The van der Waals surface area contributed by atoms with Gasteiger partial charge in [0.1, 0.15) is 17.0 Å². The normalized spacial score (nSPS) is 22.2. The number of nitrogens with zero attached hydrogens (tertiary/aromatic N) is 1. The van der Waals surface area contributed by atoms with E-state index in [1.165, 1.54) is 42.5 Å². The van der Waals surface area contributed by atoms with Gasteiger partial charge in [-0.3, -0.25) is 4.79 Å². The molecule has 1 amide bonds. The number of ether oxygens (including phenoxy) is 1. The lowest BCUT2D eigenvalue weighted by Crippen LogP contribution is -2.45. The second-order valence-electron chi connectivity index (χ2n) is 11.4. The standard InChI is InChI=1S/C30H25Cl2F5IN3O2/c1-28(2,3)13-23-29(14-39,18-9-7-15(31)11-20(18)33)24(17-5-4-6-19(32)25(17)34)26(41-23)27(42)40-21-10-8-16(38)12-22(21)43-30(35,36)37/h4-12,23-24,26,41H,13H2,1-3H3,(H,40,42)/t23-,24-,26+,29-/m0/s1. The molecule has 0 radical (unpaired) electrons. The van der Waals surface area contributed by atoms with Crippen molar-refractivity contribution in [1.29, 1.82) is 5.26 Å². The lowest BCUT2D eigenvalue weighted by Gasteiger charge is -2.37. The van der Waals surface area contributed by atoms with E-state index >= 15 is 8.78 Å². The molecule has 0 unspecified atom stereocenters. The minimum absolute atomic E-state index is 0.0587. The van der Waals surface area contributed by atoms with Gasteiger partial charge in [0.25, 0.3) is 0 Å².